The number of imidazole rings is 1. The van der Waals surface area contributed by atoms with Crippen LogP contribution in [0.25, 0.3) is 11.0 Å². The highest BCUT2D eigenvalue weighted by Gasteiger charge is 2.34. The molecule has 0 radical (unpaired) electrons. The molecule has 25 heavy (non-hydrogen) atoms. The minimum absolute atomic E-state index is 0.00517. The first-order chi connectivity index (χ1) is 12.1. The molecule has 2 atom stereocenters. The summed E-state index contributed by atoms with van der Waals surface area (Å²) in [5.74, 6) is -0.0245. The standard InChI is InChI=1S/C18H22N4O3/c23-16(21-10-12-4-3-5-13(11-21)19-17(12)24)8-9-22-15-7-2-1-6-14(15)20-18(22)25/h1-2,6-7,12-13H,3-5,8-11H2,(H,19,24)(H,20,25)/t12-,13+/m1/s1. The van der Waals surface area contributed by atoms with E-state index in [4.69, 9.17) is 0 Å². The Morgan fingerprint density at radius 3 is 2.88 bits per heavy atom. The van der Waals surface area contributed by atoms with Crippen molar-refractivity contribution >= 4 is 22.8 Å². The van der Waals surface area contributed by atoms with Crippen molar-refractivity contribution in [1.82, 2.24) is 19.8 Å². The summed E-state index contributed by atoms with van der Waals surface area (Å²) in [5, 5.41) is 3.04. The number of H-pyrrole nitrogens is 1. The smallest absolute Gasteiger partial charge is 0.326 e. The van der Waals surface area contributed by atoms with Crippen LogP contribution in [0.4, 0.5) is 0 Å². The number of aromatic nitrogens is 2. The molecule has 3 heterocycles. The van der Waals surface area contributed by atoms with Crippen LogP contribution < -0.4 is 11.0 Å². The van der Waals surface area contributed by atoms with Crippen molar-refractivity contribution in [3.63, 3.8) is 0 Å². The molecule has 2 amide bonds. The lowest BCUT2D eigenvalue weighted by Gasteiger charge is -2.27. The van der Waals surface area contributed by atoms with Gasteiger partial charge >= 0.3 is 5.69 Å². The number of likely N-dealkylation sites (tertiary alicyclic amines) is 1. The molecule has 2 N–H and O–H groups in total. The fraction of sp³-hybridized carbons (Fsp3) is 0.500. The number of amides is 2. The molecule has 1 aromatic carbocycles. The summed E-state index contributed by atoms with van der Waals surface area (Å²) in [6, 6.07) is 7.52. The molecule has 4 rings (SSSR count). The molecule has 2 saturated heterocycles. The minimum Gasteiger partial charge on any atom is -0.351 e. The van der Waals surface area contributed by atoms with Gasteiger partial charge in [0.1, 0.15) is 0 Å². The lowest BCUT2D eigenvalue weighted by Crippen LogP contribution is -2.42. The van der Waals surface area contributed by atoms with Gasteiger partial charge in [0, 0.05) is 32.1 Å². The minimum atomic E-state index is -0.196. The number of hydrogen-bond acceptors (Lipinski definition) is 3. The predicted octanol–water partition coefficient (Wildman–Crippen LogP) is 0.847. The van der Waals surface area contributed by atoms with Crippen LogP contribution in [0.1, 0.15) is 25.7 Å². The second-order valence-corrected chi connectivity index (χ2v) is 6.98. The van der Waals surface area contributed by atoms with Crippen molar-refractivity contribution in [2.45, 2.75) is 38.3 Å². The van der Waals surface area contributed by atoms with E-state index in [0.717, 1.165) is 30.3 Å². The van der Waals surface area contributed by atoms with Crippen molar-refractivity contribution in [1.29, 1.82) is 0 Å². The molecule has 0 aliphatic carbocycles. The summed E-state index contributed by atoms with van der Waals surface area (Å²) in [5.41, 5.74) is 1.39. The normalized spacial score (nSPS) is 23.4. The number of carbonyl (C=O) groups excluding carboxylic acids is 2. The van der Waals surface area contributed by atoms with E-state index in [1.54, 1.807) is 9.47 Å². The maximum absolute atomic E-state index is 12.7. The average Bonchev–Trinajstić information content (AvgIpc) is 2.68. The summed E-state index contributed by atoms with van der Waals surface area (Å²) < 4.78 is 1.61. The summed E-state index contributed by atoms with van der Waals surface area (Å²) in [7, 11) is 0. The number of nitrogens with zero attached hydrogens (tertiary/aromatic N) is 2. The highest BCUT2D eigenvalue weighted by molar-refractivity contribution is 5.82. The van der Waals surface area contributed by atoms with Crippen molar-refractivity contribution < 1.29 is 9.59 Å². The van der Waals surface area contributed by atoms with Crippen molar-refractivity contribution in [3.05, 3.63) is 34.7 Å². The second-order valence-electron chi connectivity index (χ2n) is 6.98. The van der Waals surface area contributed by atoms with Gasteiger partial charge in [0.2, 0.25) is 11.8 Å². The fourth-order valence-electron chi connectivity index (χ4n) is 3.95. The average molecular weight is 342 g/mol. The molecule has 0 spiro atoms. The molecule has 0 saturated carbocycles. The van der Waals surface area contributed by atoms with E-state index in [0.29, 0.717) is 19.6 Å². The number of para-hydroxylation sites is 2. The van der Waals surface area contributed by atoms with Gasteiger partial charge in [-0.3, -0.25) is 14.2 Å². The van der Waals surface area contributed by atoms with Gasteiger partial charge in [-0.25, -0.2) is 4.79 Å². The Hall–Kier alpha value is -2.57. The van der Waals surface area contributed by atoms with E-state index in [9.17, 15) is 14.4 Å². The quantitative estimate of drug-likeness (QED) is 0.867. The highest BCUT2D eigenvalue weighted by Crippen LogP contribution is 2.22. The zero-order valence-corrected chi connectivity index (χ0v) is 14.0. The summed E-state index contributed by atoms with van der Waals surface area (Å²) in [6.07, 6.45) is 3.05. The van der Waals surface area contributed by atoms with Crippen molar-refractivity contribution in [2.24, 2.45) is 5.92 Å². The molecule has 2 bridgehead atoms. The maximum Gasteiger partial charge on any atom is 0.326 e. The molecule has 2 fully saturated rings. The van der Waals surface area contributed by atoms with Gasteiger partial charge in [0.05, 0.1) is 17.0 Å². The predicted molar refractivity (Wildman–Crippen MR) is 93.0 cm³/mol. The summed E-state index contributed by atoms with van der Waals surface area (Å²) in [4.78, 5) is 41.5. The number of rotatable bonds is 3. The topological polar surface area (TPSA) is 87.2 Å². The first kappa shape index (κ1) is 15.9. The van der Waals surface area contributed by atoms with Gasteiger partial charge in [0.25, 0.3) is 0 Å². The number of benzene rings is 1. The highest BCUT2D eigenvalue weighted by atomic mass is 16.2. The molecule has 7 nitrogen and oxygen atoms in total. The third kappa shape index (κ3) is 3.06. The van der Waals surface area contributed by atoms with Crippen LogP contribution in [0.2, 0.25) is 0 Å². The van der Waals surface area contributed by atoms with Crippen LogP contribution in [-0.4, -0.2) is 45.4 Å². The van der Waals surface area contributed by atoms with Crippen LogP contribution in [0.5, 0.6) is 0 Å². The molecule has 7 heteroatoms. The van der Waals surface area contributed by atoms with E-state index in [1.807, 2.05) is 24.3 Å². The second kappa shape index (κ2) is 6.38. The lowest BCUT2D eigenvalue weighted by molar-refractivity contribution is -0.132. The third-order valence-corrected chi connectivity index (χ3v) is 5.29. The first-order valence-corrected chi connectivity index (χ1v) is 8.87. The number of nitrogens with one attached hydrogen (secondary N) is 2. The molecule has 2 aromatic rings. The molecule has 0 unspecified atom stereocenters. The van der Waals surface area contributed by atoms with E-state index in [2.05, 4.69) is 10.3 Å². The van der Waals surface area contributed by atoms with Gasteiger partial charge in [-0.15, -0.1) is 0 Å². The van der Waals surface area contributed by atoms with Crippen LogP contribution >= 0.6 is 0 Å². The Morgan fingerprint density at radius 1 is 1.16 bits per heavy atom. The molecule has 1 aromatic heterocycles. The van der Waals surface area contributed by atoms with Crippen LogP contribution in [-0.2, 0) is 16.1 Å². The Morgan fingerprint density at radius 2 is 2.00 bits per heavy atom. The molecule has 132 valence electrons. The Balaban J connectivity index is 1.48. The summed E-state index contributed by atoms with van der Waals surface area (Å²) in [6.45, 7) is 1.41. The SMILES string of the molecule is O=C1N[C@H]2CCC[C@@H]1CN(C(=O)CCn1c(=O)[nH]c3ccccc31)C2. The van der Waals surface area contributed by atoms with Gasteiger partial charge < -0.3 is 15.2 Å². The molecule has 2 aliphatic rings. The Bertz CT molecular complexity index is 869. The largest absolute Gasteiger partial charge is 0.351 e. The Kier molecular flexibility index (Phi) is 4.07. The van der Waals surface area contributed by atoms with E-state index < -0.39 is 0 Å². The van der Waals surface area contributed by atoms with E-state index >= 15 is 0 Å². The van der Waals surface area contributed by atoms with Crippen LogP contribution in [0.15, 0.2) is 29.1 Å². The van der Waals surface area contributed by atoms with Crippen LogP contribution in [0.3, 0.4) is 0 Å². The first-order valence-electron chi connectivity index (χ1n) is 8.87. The zero-order chi connectivity index (χ0) is 17.4. The number of carbonyl (C=O) groups is 2. The van der Waals surface area contributed by atoms with Crippen molar-refractivity contribution in [2.75, 3.05) is 13.1 Å². The monoisotopic (exact) mass is 342 g/mol. The molecule has 2 aliphatic heterocycles. The maximum atomic E-state index is 12.7. The summed E-state index contributed by atoms with van der Waals surface area (Å²) >= 11 is 0. The Labute approximate surface area is 145 Å². The van der Waals surface area contributed by atoms with Gasteiger partial charge in [-0.2, -0.15) is 0 Å². The number of hydrogen-bond donors (Lipinski definition) is 2. The van der Waals surface area contributed by atoms with E-state index in [1.165, 1.54) is 0 Å². The fourth-order valence-corrected chi connectivity index (χ4v) is 3.95. The van der Waals surface area contributed by atoms with Gasteiger partial charge in [-0.1, -0.05) is 18.6 Å². The third-order valence-electron chi connectivity index (χ3n) is 5.29. The van der Waals surface area contributed by atoms with Gasteiger partial charge in [-0.05, 0) is 25.0 Å². The van der Waals surface area contributed by atoms with Crippen LogP contribution in [0, 0.1) is 5.92 Å². The number of fused-ring (bicyclic) bond motifs is 4. The zero-order valence-electron chi connectivity index (χ0n) is 14.0. The van der Waals surface area contributed by atoms with Gasteiger partial charge in [0.15, 0.2) is 0 Å². The molecular weight excluding hydrogens is 320 g/mol. The van der Waals surface area contributed by atoms with Crippen molar-refractivity contribution in [3.8, 4) is 0 Å². The number of aromatic amines is 1. The lowest BCUT2D eigenvalue weighted by atomic mass is 9.99. The van der Waals surface area contributed by atoms with E-state index in [-0.39, 0.29) is 35.9 Å². The number of aryl methyl sites for hydroxylation is 1. The molecular formula is C18H22N4O3.